The fourth-order valence-electron chi connectivity index (χ4n) is 0. The van der Waals surface area contributed by atoms with Crippen LogP contribution in [0.2, 0.25) is 0 Å². The normalized spacial score (nSPS) is 7.40. The molecular weight excluding hydrogens is 75.0 g/mol. The molecule has 0 saturated heterocycles. The van der Waals surface area contributed by atoms with Crippen molar-refractivity contribution in [2.45, 2.75) is 6.92 Å². The number of hydrogen-bond acceptors (Lipinski definition) is 1. The molecule has 0 heterocycles. The smallest absolute Gasteiger partial charge is 0.0748 e. The van der Waals surface area contributed by atoms with Crippen LogP contribution in [-0.2, 0) is 0 Å². The molecule has 5 heavy (non-hydrogen) atoms. The zero-order valence-electron chi connectivity index (χ0n) is 3.60. The first-order valence-electron chi connectivity index (χ1n) is 1.17. The number of allylic oxidation sites excluding steroid dienone is 1. The SMILES string of the molecule is CC=CO.[Na]. The number of hydrogen-bond donors (Lipinski definition) is 1. The predicted octanol–water partition coefficient (Wildman–Crippen LogP) is 0.697. The molecule has 0 saturated carbocycles. The van der Waals surface area contributed by atoms with Crippen molar-refractivity contribution in [3.8, 4) is 0 Å². The quantitative estimate of drug-likeness (QED) is 0.336. The van der Waals surface area contributed by atoms with E-state index in [0.717, 1.165) is 6.26 Å². The predicted molar refractivity (Wildman–Crippen MR) is 23.2 cm³/mol. The van der Waals surface area contributed by atoms with Gasteiger partial charge in [0.05, 0.1) is 6.26 Å². The Morgan fingerprint density at radius 1 is 1.60 bits per heavy atom. The molecule has 0 fully saturated rings. The van der Waals surface area contributed by atoms with Crippen LogP contribution in [0.5, 0.6) is 0 Å². The van der Waals surface area contributed by atoms with E-state index in [1.54, 1.807) is 13.0 Å². The van der Waals surface area contributed by atoms with E-state index in [9.17, 15) is 0 Å². The molecule has 0 aliphatic carbocycles. The van der Waals surface area contributed by atoms with Crippen LogP contribution < -0.4 is 0 Å². The van der Waals surface area contributed by atoms with Crippen molar-refractivity contribution in [3.05, 3.63) is 12.3 Å². The second-order valence-corrected chi connectivity index (χ2v) is 0.482. The zero-order chi connectivity index (χ0) is 3.41. The molecule has 0 aromatic heterocycles. The molecule has 1 nitrogen and oxygen atoms in total. The third-order valence-corrected chi connectivity index (χ3v) is 0.149. The van der Waals surface area contributed by atoms with Crippen molar-refractivity contribution >= 4 is 29.6 Å². The Hall–Kier alpha value is 0.540. The van der Waals surface area contributed by atoms with Gasteiger partial charge in [-0.25, -0.2) is 0 Å². The average Bonchev–Trinajstić information content (AvgIpc) is 1.37. The van der Waals surface area contributed by atoms with E-state index in [1.165, 1.54) is 0 Å². The summed E-state index contributed by atoms with van der Waals surface area (Å²) in [7, 11) is 0. The van der Waals surface area contributed by atoms with Gasteiger partial charge in [0.25, 0.3) is 0 Å². The van der Waals surface area contributed by atoms with Gasteiger partial charge in [-0.2, -0.15) is 0 Å². The molecule has 0 aromatic rings. The van der Waals surface area contributed by atoms with Gasteiger partial charge in [-0.15, -0.1) is 0 Å². The monoisotopic (exact) mass is 81.0 g/mol. The molecule has 2 heteroatoms. The fraction of sp³-hybridized carbons (Fsp3) is 0.333. The maximum Gasteiger partial charge on any atom is 0.0748 e. The Labute approximate surface area is 54.0 Å². The second-order valence-electron chi connectivity index (χ2n) is 0.482. The summed E-state index contributed by atoms with van der Waals surface area (Å²) in [5.41, 5.74) is 0. The van der Waals surface area contributed by atoms with Gasteiger partial charge in [-0.3, -0.25) is 0 Å². The van der Waals surface area contributed by atoms with Gasteiger partial charge in [0.15, 0.2) is 0 Å². The Balaban J connectivity index is 0. The van der Waals surface area contributed by atoms with Crippen LogP contribution in [0.1, 0.15) is 6.92 Å². The Kier molecular flexibility index (Phi) is 16.1. The first-order valence-corrected chi connectivity index (χ1v) is 1.17. The zero-order valence-corrected chi connectivity index (χ0v) is 5.60. The molecular formula is C3H6NaO. The van der Waals surface area contributed by atoms with E-state index in [4.69, 9.17) is 5.11 Å². The molecule has 25 valence electrons. The summed E-state index contributed by atoms with van der Waals surface area (Å²) in [6.07, 6.45) is 2.56. The van der Waals surface area contributed by atoms with Gasteiger partial charge in [0.1, 0.15) is 0 Å². The first-order chi connectivity index (χ1) is 1.91. The van der Waals surface area contributed by atoms with Crippen LogP contribution >= 0.6 is 0 Å². The summed E-state index contributed by atoms with van der Waals surface area (Å²) in [5.74, 6) is 0. The van der Waals surface area contributed by atoms with E-state index in [2.05, 4.69) is 0 Å². The molecule has 1 radical (unpaired) electrons. The Morgan fingerprint density at radius 3 is 1.80 bits per heavy atom. The largest absolute Gasteiger partial charge is 0.516 e. The molecule has 1 N–H and O–H groups in total. The fourth-order valence-corrected chi connectivity index (χ4v) is 0. The third-order valence-electron chi connectivity index (χ3n) is 0.149. The van der Waals surface area contributed by atoms with Crippen molar-refractivity contribution in [3.63, 3.8) is 0 Å². The van der Waals surface area contributed by atoms with Crippen LogP contribution in [0.15, 0.2) is 12.3 Å². The van der Waals surface area contributed by atoms with E-state index in [-0.39, 0.29) is 29.6 Å². The molecule has 0 atom stereocenters. The topological polar surface area (TPSA) is 20.2 Å². The summed E-state index contributed by atoms with van der Waals surface area (Å²) in [6.45, 7) is 1.75. The van der Waals surface area contributed by atoms with E-state index in [1.807, 2.05) is 0 Å². The molecule has 0 spiro atoms. The summed E-state index contributed by atoms with van der Waals surface area (Å²) >= 11 is 0. The van der Waals surface area contributed by atoms with Gasteiger partial charge in [-0.1, -0.05) is 6.08 Å². The van der Waals surface area contributed by atoms with Gasteiger partial charge in [0, 0.05) is 29.6 Å². The Bertz CT molecular complexity index is 22.1. The van der Waals surface area contributed by atoms with Gasteiger partial charge in [0.2, 0.25) is 0 Å². The maximum absolute atomic E-state index is 7.69. The van der Waals surface area contributed by atoms with Gasteiger partial charge < -0.3 is 5.11 Å². The van der Waals surface area contributed by atoms with Crippen LogP contribution in [0, 0.1) is 0 Å². The van der Waals surface area contributed by atoms with Gasteiger partial charge in [-0.05, 0) is 6.92 Å². The van der Waals surface area contributed by atoms with Crippen LogP contribution in [0.25, 0.3) is 0 Å². The minimum Gasteiger partial charge on any atom is -0.516 e. The summed E-state index contributed by atoms with van der Waals surface area (Å²) in [4.78, 5) is 0. The maximum atomic E-state index is 7.69. The molecule has 0 amide bonds. The van der Waals surface area contributed by atoms with Crippen molar-refractivity contribution in [2.75, 3.05) is 0 Å². The van der Waals surface area contributed by atoms with E-state index >= 15 is 0 Å². The van der Waals surface area contributed by atoms with Crippen LogP contribution in [-0.4, -0.2) is 34.7 Å². The van der Waals surface area contributed by atoms with Crippen LogP contribution in [0.3, 0.4) is 0 Å². The molecule has 0 bridgehead atoms. The molecule has 0 aromatic carbocycles. The molecule has 0 rings (SSSR count). The summed E-state index contributed by atoms with van der Waals surface area (Å²) in [5, 5.41) is 7.69. The van der Waals surface area contributed by atoms with Crippen molar-refractivity contribution in [1.82, 2.24) is 0 Å². The number of aliphatic hydroxyl groups excluding tert-OH is 1. The minimum absolute atomic E-state index is 0. The third kappa shape index (κ3) is 12.4. The van der Waals surface area contributed by atoms with Crippen molar-refractivity contribution < 1.29 is 5.11 Å². The van der Waals surface area contributed by atoms with Crippen molar-refractivity contribution in [1.29, 1.82) is 0 Å². The minimum atomic E-state index is 0. The molecule has 0 aliphatic heterocycles. The second kappa shape index (κ2) is 8.82. The van der Waals surface area contributed by atoms with E-state index < -0.39 is 0 Å². The van der Waals surface area contributed by atoms with Gasteiger partial charge >= 0.3 is 0 Å². The van der Waals surface area contributed by atoms with E-state index in [0.29, 0.717) is 0 Å². The first kappa shape index (κ1) is 9.11. The van der Waals surface area contributed by atoms with Crippen molar-refractivity contribution in [2.24, 2.45) is 0 Å². The number of rotatable bonds is 0. The standard InChI is InChI=1S/C3H6O.Na/c1-2-3-4;/h2-4H,1H3;. The summed E-state index contributed by atoms with van der Waals surface area (Å²) < 4.78 is 0. The number of aliphatic hydroxyl groups is 1. The summed E-state index contributed by atoms with van der Waals surface area (Å²) in [6, 6.07) is 0. The Morgan fingerprint density at radius 2 is 1.80 bits per heavy atom. The molecule has 0 aliphatic rings. The average molecular weight is 81.1 g/mol. The molecule has 0 unspecified atom stereocenters. The van der Waals surface area contributed by atoms with Crippen LogP contribution in [0.4, 0.5) is 0 Å².